The number of nitrogens with one attached hydrogen (secondary N) is 1. The Morgan fingerprint density at radius 1 is 1.15 bits per heavy atom. The van der Waals surface area contributed by atoms with Gasteiger partial charge in [-0.1, -0.05) is 0 Å². The first-order chi connectivity index (χ1) is 12.9. The Bertz CT molecular complexity index is 898. The van der Waals surface area contributed by atoms with Gasteiger partial charge < -0.3 is 9.64 Å². The molecule has 0 spiro atoms. The van der Waals surface area contributed by atoms with Gasteiger partial charge in [-0.25, -0.2) is 17.5 Å². The first-order valence-corrected chi connectivity index (χ1v) is 10.2. The molecule has 3 rings (SSSR count). The van der Waals surface area contributed by atoms with Crippen LogP contribution in [0.15, 0.2) is 53.4 Å². The molecule has 2 aromatic rings. The molecule has 6 nitrogen and oxygen atoms in total. The highest BCUT2D eigenvalue weighted by atomic mass is 32.2. The average Bonchev–Trinajstić information content (AvgIpc) is 3.02. The van der Waals surface area contributed by atoms with E-state index in [2.05, 4.69) is 4.72 Å². The smallest absolute Gasteiger partial charge is 0.240 e. The molecule has 0 aliphatic carbocycles. The van der Waals surface area contributed by atoms with Crippen molar-refractivity contribution in [3.63, 3.8) is 0 Å². The molecule has 1 N–H and O–H groups in total. The van der Waals surface area contributed by atoms with E-state index in [0.29, 0.717) is 13.2 Å². The van der Waals surface area contributed by atoms with E-state index in [9.17, 15) is 17.6 Å². The predicted octanol–water partition coefficient (Wildman–Crippen LogP) is 2.56. The van der Waals surface area contributed by atoms with E-state index in [0.717, 1.165) is 23.6 Å². The van der Waals surface area contributed by atoms with E-state index >= 15 is 0 Å². The van der Waals surface area contributed by atoms with Gasteiger partial charge >= 0.3 is 0 Å². The second-order valence-corrected chi connectivity index (χ2v) is 8.07. The van der Waals surface area contributed by atoms with Crippen LogP contribution < -0.4 is 14.4 Å². The first kappa shape index (κ1) is 19.3. The molecule has 1 heterocycles. The van der Waals surface area contributed by atoms with Crippen molar-refractivity contribution in [1.82, 2.24) is 4.72 Å². The highest BCUT2D eigenvalue weighted by molar-refractivity contribution is 7.89. The zero-order valence-electron chi connectivity index (χ0n) is 14.9. The summed E-state index contributed by atoms with van der Waals surface area (Å²) in [7, 11) is -3.74. The lowest BCUT2D eigenvalue weighted by atomic mass is 10.1. The molecule has 1 unspecified atom stereocenters. The van der Waals surface area contributed by atoms with Crippen molar-refractivity contribution in [2.75, 3.05) is 24.6 Å². The zero-order valence-corrected chi connectivity index (χ0v) is 15.7. The molecule has 1 atom stereocenters. The molecule has 27 heavy (non-hydrogen) atoms. The van der Waals surface area contributed by atoms with Gasteiger partial charge in [0.2, 0.25) is 15.9 Å². The van der Waals surface area contributed by atoms with E-state index in [1.54, 1.807) is 17.0 Å². The van der Waals surface area contributed by atoms with Crippen LogP contribution >= 0.6 is 0 Å². The minimum atomic E-state index is -3.74. The van der Waals surface area contributed by atoms with Gasteiger partial charge in [-0.15, -0.1) is 0 Å². The lowest BCUT2D eigenvalue weighted by Crippen LogP contribution is -2.31. The molecule has 1 saturated heterocycles. The Balaban J connectivity index is 1.61. The number of amides is 1. The van der Waals surface area contributed by atoms with Crippen LogP contribution in [-0.2, 0) is 14.8 Å². The van der Waals surface area contributed by atoms with Gasteiger partial charge in [0.1, 0.15) is 11.6 Å². The van der Waals surface area contributed by atoms with Crippen LogP contribution in [0, 0.1) is 11.7 Å². The fraction of sp³-hybridized carbons (Fsp3) is 0.316. The molecule has 0 radical (unpaired) electrons. The number of anilines is 1. The Morgan fingerprint density at radius 2 is 1.81 bits per heavy atom. The largest absolute Gasteiger partial charge is 0.494 e. The number of carbonyl (C=O) groups is 1. The van der Waals surface area contributed by atoms with Gasteiger partial charge in [-0.3, -0.25) is 4.79 Å². The molecule has 0 aromatic heterocycles. The molecule has 0 bridgehead atoms. The number of sulfonamides is 1. The van der Waals surface area contributed by atoms with E-state index in [1.807, 2.05) is 19.1 Å². The number of ether oxygens (including phenoxy) is 1. The molecular formula is C19H21FN2O4S. The first-order valence-electron chi connectivity index (χ1n) is 8.67. The summed E-state index contributed by atoms with van der Waals surface area (Å²) in [5, 5.41) is 0. The molecule has 144 valence electrons. The fourth-order valence-corrected chi connectivity index (χ4v) is 4.10. The van der Waals surface area contributed by atoms with Crippen molar-refractivity contribution in [1.29, 1.82) is 0 Å². The Labute approximate surface area is 158 Å². The number of rotatable bonds is 7. The van der Waals surface area contributed by atoms with Crippen LogP contribution in [0.4, 0.5) is 10.1 Å². The normalized spacial score (nSPS) is 17.3. The summed E-state index contributed by atoms with van der Waals surface area (Å²) in [6, 6.07) is 11.9. The molecule has 1 aliphatic heterocycles. The van der Waals surface area contributed by atoms with Crippen molar-refractivity contribution < 1.29 is 22.3 Å². The highest BCUT2D eigenvalue weighted by Gasteiger charge is 2.31. The number of benzene rings is 2. The van der Waals surface area contributed by atoms with E-state index in [4.69, 9.17) is 4.74 Å². The summed E-state index contributed by atoms with van der Waals surface area (Å²) >= 11 is 0. The lowest BCUT2D eigenvalue weighted by Gasteiger charge is -2.17. The van der Waals surface area contributed by atoms with Crippen LogP contribution in [0.1, 0.15) is 13.3 Å². The fourth-order valence-electron chi connectivity index (χ4n) is 2.98. The second-order valence-electron chi connectivity index (χ2n) is 6.31. The lowest BCUT2D eigenvalue weighted by molar-refractivity contribution is -0.117. The van der Waals surface area contributed by atoms with Gasteiger partial charge in [0.25, 0.3) is 0 Å². The predicted molar refractivity (Wildman–Crippen MR) is 99.7 cm³/mol. The summed E-state index contributed by atoms with van der Waals surface area (Å²) in [6.45, 7) is 3.03. The number of carbonyl (C=O) groups excluding carboxylic acids is 1. The van der Waals surface area contributed by atoms with Crippen molar-refractivity contribution in [3.8, 4) is 5.75 Å². The molecule has 1 amide bonds. The summed E-state index contributed by atoms with van der Waals surface area (Å²) in [5.74, 6) is 0.0438. The van der Waals surface area contributed by atoms with Crippen LogP contribution in [0.5, 0.6) is 5.75 Å². The molecule has 2 aromatic carbocycles. The molecule has 8 heteroatoms. The number of halogens is 1. The summed E-state index contributed by atoms with van der Waals surface area (Å²) in [6.07, 6.45) is 0.263. The van der Waals surface area contributed by atoms with Crippen molar-refractivity contribution >= 4 is 21.6 Å². The van der Waals surface area contributed by atoms with Crippen molar-refractivity contribution in [3.05, 3.63) is 54.3 Å². The Morgan fingerprint density at radius 3 is 2.44 bits per heavy atom. The van der Waals surface area contributed by atoms with Crippen LogP contribution in [-0.4, -0.2) is 34.0 Å². The maximum absolute atomic E-state index is 13.0. The van der Waals surface area contributed by atoms with E-state index in [-0.39, 0.29) is 29.7 Å². The standard InChI is InChI=1S/C19H21FN2O4S/c1-2-26-17-7-5-16(6-8-17)22-13-14(11-19(22)23)12-21-27(24,25)18-9-3-15(20)4-10-18/h3-10,14,21H,2,11-13H2,1H3. The molecule has 1 fully saturated rings. The SMILES string of the molecule is CCOc1ccc(N2CC(CNS(=O)(=O)c3ccc(F)cc3)CC2=O)cc1. The van der Waals surface area contributed by atoms with Gasteiger partial charge in [0.05, 0.1) is 11.5 Å². The minimum absolute atomic E-state index is 0.00316. The molecule has 1 aliphatic rings. The topological polar surface area (TPSA) is 75.7 Å². The molecular weight excluding hydrogens is 371 g/mol. The van der Waals surface area contributed by atoms with Crippen molar-refractivity contribution in [2.24, 2.45) is 5.92 Å². The number of hydrogen-bond donors (Lipinski definition) is 1. The van der Waals surface area contributed by atoms with Gasteiger partial charge in [-0.05, 0) is 61.4 Å². The number of nitrogens with zero attached hydrogens (tertiary/aromatic N) is 1. The average molecular weight is 392 g/mol. The third kappa shape index (κ3) is 4.64. The van der Waals surface area contributed by atoms with E-state index < -0.39 is 15.8 Å². The van der Waals surface area contributed by atoms with Crippen LogP contribution in [0.3, 0.4) is 0 Å². The highest BCUT2D eigenvalue weighted by Crippen LogP contribution is 2.27. The van der Waals surface area contributed by atoms with Crippen LogP contribution in [0.2, 0.25) is 0 Å². The third-order valence-electron chi connectivity index (χ3n) is 4.35. The van der Waals surface area contributed by atoms with Gasteiger partial charge in [0, 0.05) is 25.2 Å². The monoisotopic (exact) mass is 392 g/mol. The Kier molecular flexibility index (Phi) is 5.76. The second kappa shape index (κ2) is 8.06. The Hall–Kier alpha value is -2.45. The summed E-state index contributed by atoms with van der Waals surface area (Å²) in [4.78, 5) is 13.9. The van der Waals surface area contributed by atoms with E-state index in [1.165, 1.54) is 12.1 Å². The van der Waals surface area contributed by atoms with Crippen molar-refractivity contribution in [2.45, 2.75) is 18.2 Å². The number of hydrogen-bond acceptors (Lipinski definition) is 4. The maximum Gasteiger partial charge on any atom is 0.240 e. The van der Waals surface area contributed by atoms with Gasteiger partial charge in [-0.2, -0.15) is 0 Å². The molecule has 0 saturated carbocycles. The summed E-state index contributed by atoms with van der Waals surface area (Å²) in [5.41, 5.74) is 0.757. The quantitative estimate of drug-likeness (QED) is 0.786. The van der Waals surface area contributed by atoms with Crippen LogP contribution in [0.25, 0.3) is 0 Å². The maximum atomic E-state index is 13.0. The summed E-state index contributed by atoms with van der Waals surface area (Å²) < 4.78 is 45.4. The third-order valence-corrected chi connectivity index (χ3v) is 5.79. The van der Waals surface area contributed by atoms with Gasteiger partial charge in [0.15, 0.2) is 0 Å². The zero-order chi connectivity index (χ0) is 19.4. The minimum Gasteiger partial charge on any atom is -0.494 e.